The zero-order chi connectivity index (χ0) is 101. The molecule has 46 heteroatoms. The monoisotopic (exact) mass is 1900 g/mol. The molecule has 0 saturated carbocycles. The number of hydrogen-bond acceptors (Lipinski definition) is 25. The number of guanidine groups is 1. The van der Waals surface area contributed by atoms with Crippen LogP contribution in [0.15, 0.2) is 109 Å². The molecule has 15 atom stereocenters. The molecule has 6 rings (SSSR count). The molecule has 0 aliphatic carbocycles. The maximum atomic E-state index is 15.0. The zero-order valence-electron chi connectivity index (χ0n) is 76.1. The summed E-state index contributed by atoms with van der Waals surface area (Å²) in [6.45, 7) is 5.74. The van der Waals surface area contributed by atoms with Crippen LogP contribution in [0, 0.1) is 17.2 Å². The smallest absolute Gasteiger partial charge is 0.326 e. The molecule has 2 aliphatic rings. The number of nitrogens with one attached hydrogen (secondary N) is 14. The van der Waals surface area contributed by atoms with E-state index in [1.54, 1.807) is 88.4 Å². The van der Waals surface area contributed by atoms with E-state index < -0.39 is 254 Å². The Kier molecular flexibility index (Phi) is 44.8. The van der Waals surface area contributed by atoms with Gasteiger partial charge in [0.2, 0.25) is 94.5 Å². The minimum absolute atomic E-state index is 0.000282. The third-order valence-electron chi connectivity index (χ3n) is 22.3. The number of benzene rings is 4. The van der Waals surface area contributed by atoms with Crippen molar-refractivity contribution >= 4 is 118 Å². The number of phenolic OH excluding ortho intramolecular Hbond substituents is 2. The van der Waals surface area contributed by atoms with E-state index in [-0.39, 0.29) is 145 Å². The maximum Gasteiger partial charge on any atom is 0.326 e. The first-order chi connectivity index (χ1) is 64.4. The lowest BCUT2D eigenvalue weighted by atomic mass is 9.98. The number of carbonyl (C=O) groups excluding carboxylic acids is 16. The molecule has 46 nitrogen and oxygen atoms in total. The number of carbonyl (C=O) groups is 19. The first-order valence-electron chi connectivity index (χ1n) is 44.7. The highest BCUT2D eigenvalue weighted by Crippen LogP contribution is 2.25. The topological polar surface area (TPSA) is 763 Å². The Balaban J connectivity index is 1.21. The van der Waals surface area contributed by atoms with Crippen LogP contribution in [0.4, 0.5) is 0 Å². The summed E-state index contributed by atoms with van der Waals surface area (Å²) >= 11 is 0. The predicted molar refractivity (Wildman–Crippen MR) is 487 cm³/mol. The average Bonchev–Trinajstić information content (AvgIpc) is 1.61. The molecule has 16 amide bonds. The van der Waals surface area contributed by atoms with Gasteiger partial charge in [-0.3, -0.25) is 91.7 Å². The van der Waals surface area contributed by atoms with Crippen LogP contribution in [-0.4, -0.2) is 282 Å². The molecule has 136 heavy (non-hydrogen) atoms. The molecule has 4 aromatic carbocycles. The van der Waals surface area contributed by atoms with Crippen LogP contribution in [0.1, 0.15) is 153 Å². The van der Waals surface area contributed by atoms with Crippen molar-refractivity contribution in [1.29, 1.82) is 5.41 Å². The molecule has 2 fully saturated rings. The molecule has 0 spiro atoms. The fourth-order valence-electron chi connectivity index (χ4n) is 15.3. The molecular weight excluding hydrogens is 1780 g/mol. The number of hydrogen-bond donors (Lipinski definition) is 25. The number of unbranched alkanes of at least 4 members (excludes halogenated alkanes) is 1. The van der Waals surface area contributed by atoms with Gasteiger partial charge in [-0.2, -0.15) is 0 Å². The second-order valence-electron chi connectivity index (χ2n) is 34.3. The Morgan fingerprint density at radius 2 is 0.728 bits per heavy atom. The number of phenols is 2. The Labute approximate surface area is 784 Å². The molecule has 30 N–H and O–H groups in total. The number of primary amides is 2. The fourth-order valence-corrected chi connectivity index (χ4v) is 15.3. The van der Waals surface area contributed by atoms with Gasteiger partial charge in [-0.1, -0.05) is 113 Å². The van der Waals surface area contributed by atoms with Crippen molar-refractivity contribution in [2.75, 3.05) is 32.8 Å². The highest BCUT2D eigenvalue weighted by Gasteiger charge is 2.45. The average molecular weight is 1900 g/mol. The minimum Gasteiger partial charge on any atom is -0.508 e. The highest BCUT2D eigenvalue weighted by molar-refractivity contribution is 6.03. The summed E-state index contributed by atoms with van der Waals surface area (Å²) in [5, 5.41) is 100. The van der Waals surface area contributed by atoms with Gasteiger partial charge in [0.1, 0.15) is 102 Å². The SMILES string of the molecule is CC(C)C[C@H](NC(=O)[C@H](CC(C)C)NC(=O)[C@H](Cc1ccccc1)NC(=O)[C@@H](N)CO)C(=O)N[C@@H](CCCNC(=N)N)C(=O)N[C@@H](CC(N)=O)C(=O)N1CCC[C@H]1C(=O)N[C@@H](CC(N)=O)C(=O)N[C@@H](CC(=O)O)C(=O)N[C@@H](CCCCN)C(=O)N[C@@H](Cc1ccc(O)cc1)C(=O)N[C@@H](CCC(=O)O)C(=O)N1CCC[C@H]1C(=O)N[C@@H](Cc1ccc(O)cc1)C(=O)N[C@@H](Cc1ccccc1)C(=O)O. The van der Waals surface area contributed by atoms with Crippen LogP contribution in [0.3, 0.4) is 0 Å². The molecule has 742 valence electrons. The number of aliphatic hydroxyl groups is 1. The molecule has 2 heterocycles. The van der Waals surface area contributed by atoms with Crippen molar-refractivity contribution < 1.29 is 122 Å². The van der Waals surface area contributed by atoms with Crippen molar-refractivity contribution in [2.24, 2.45) is 40.5 Å². The maximum absolute atomic E-state index is 15.0. The summed E-state index contributed by atoms with van der Waals surface area (Å²) in [7, 11) is 0. The first kappa shape index (κ1) is 110. The van der Waals surface area contributed by atoms with Crippen molar-refractivity contribution in [3.63, 3.8) is 0 Å². The second kappa shape index (κ2) is 55.3. The number of likely N-dealkylation sites (tertiary alicyclic amines) is 2. The lowest BCUT2D eigenvalue weighted by Crippen LogP contribution is -2.61. The molecule has 0 radical (unpaired) electrons. The van der Waals surface area contributed by atoms with Gasteiger partial charge in [0.05, 0.1) is 25.9 Å². The summed E-state index contributed by atoms with van der Waals surface area (Å²) in [6, 6.07) is 2.94. The van der Waals surface area contributed by atoms with Crippen LogP contribution < -0.4 is 97.8 Å². The van der Waals surface area contributed by atoms with E-state index in [9.17, 15) is 122 Å². The van der Waals surface area contributed by atoms with Crippen LogP contribution in [0.2, 0.25) is 0 Å². The number of aliphatic carboxylic acids is 3. The number of aromatic hydroxyl groups is 2. The number of amides is 16. The third kappa shape index (κ3) is 37.2. The van der Waals surface area contributed by atoms with Gasteiger partial charge in [0.25, 0.3) is 0 Å². The Morgan fingerprint density at radius 3 is 1.14 bits per heavy atom. The number of rotatable bonds is 57. The molecule has 0 unspecified atom stereocenters. The Hall–Kier alpha value is -14.4. The van der Waals surface area contributed by atoms with Crippen LogP contribution in [0.5, 0.6) is 11.5 Å². The third-order valence-corrected chi connectivity index (χ3v) is 22.3. The van der Waals surface area contributed by atoms with Gasteiger partial charge in [-0.25, -0.2) is 4.79 Å². The molecule has 0 bridgehead atoms. The number of nitrogens with two attached hydrogens (primary N) is 5. The van der Waals surface area contributed by atoms with Gasteiger partial charge in [0, 0.05) is 51.7 Å². The van der Waals surface area contributed by atoms with E-state index in [0.717, 1.165) is 9.80 Å². The quantitative estimate of drug-likeness (QED) is 0.0112. The van der Waals surface area contributed by atoms with Crippen LogP contribution >= 0.6 is 0 Å². The number of aliphatic hydroxyl groups excluding tert-OH is 1. The largest absolute Gasteiger partial charge is 0.508 e. The summed E-state index contributed by atoms with van der Waals surface area (Å²) < 4.78 is 0. The number of nitrogens with zero attached hydrogens (tertiary/aromatic N) is 2. The Morgan fingerprint density at radius 1 is 0.390 bits per heavy atom. The lowest BCUT2D eigenvalue weighted by molar-refractivity contribution is -0.144. The first-order valence-corrected chi connectivity index (χ1v) is 44.7. The molecular formula is C90H127N21O25. The van der Waals surface area contributed by atoms with Crippen molar-refractivity contribution in [3.05, 3.63) is 131 Å². The summed E-state index contributed by atoms with van der Waals surface area (Å²) in [4.78, 5) is 268. The van der Waals surface area contributed by atoms with Crippen molar-refractivity contribution in [2.45, 2.75) is 247 Å². The highest BCUT2D eigenvalue weighted by atomic mass is 16.4. The van der Waals surface area contributed by atoms with E-state index in [2.05, 4.69) is 69.1 Å². The van der Waals surface area contributed by atoms with Gasteiger partial charge in [-0.15, -0.1) is 0 Å². The molecule has 0 aromatic heterocycles. The van der Waals surface area contributed by atoms with E-state index in [1.807, 2.05) is 0 Å². The predicted octanol–water partition coefficient (Wildman–Crippen LogP) is -4.85. The van der Waals surface area contributed by atoms with E-state index in [1.165, 1.54) is 48.5 Å². The van der Waals surface area contributed by atoms with Crippen LogP contribution in [0.25, 0.3) is 0 Å². The number of carboxylic acid groups (broad SMARTS) is 3. The van der Waals surface area contributed by atoms with Crippen molar-refractivity contribution in [1.82, 2.24) is 78.9 Å². The fraction of sp³-hybridized carbons (Fsp3) is 0.511. The van der Waals surface area contributed by atoms with Gasteiger partial charge in [0.15, 0.2) is 5.96 Å². The molecule has 4 aromatic rings. The lowest BCUT2D eigenvalue weighted by Gasteiger charge is -2.31. The summed E-state index contributed by atoms with van der Waals surface area (Å²) in [5.41, 5.74) is 30.2. The van der Waals surface area contributed by atoms with Crippen molar-refractivity contribution in [3.8, 4) is 11.5 Å². The normalized spacial score (nSPS) is 16.2. The van der Waals surface area contributed by atoms with E-state index in [4.69, 9.17) is 34.1 Å². The Bertz CT molecular complexity index is 4820. The van der Waals surface area contributed by atoms with E-state index in [0.29, 0.717) is 16.7 Å². The van der Waals surface area contributed by atoms with E-state index >= 15 is 0 Å². The zero-order valence-corrected chi connectivity index (χ0v) is 76.1. The minimum atomic E-state index is -2.19. The molecule has 2 saturated heterocycles. The standard InChI is InChI=1S/C90H127N21O25/c1-48(2)38-60(102-79(125)61(39-49(3)4)103-81(127)62(101-75(121)56(92)47-112)40-50-16-7-5-8-17-50)78(124)99-58(21-13-35-97-90(95)96)77(123)108-67(45-72(94)116)88(134)111-37-15-23-70(111)86(132)107-65(44-71(93)115)83(129)105-66(46-74(119)120)84(130)98-57(20-11-12-34-91)76(122)104-63(41-52-24-28-54(113)29-25-52)80(126)100-59(32-33-73(117)118)87(133)110-36-14-22-69(110)85(131)106-64(42-53-26-30-55(114)31-27-53)82(128)109-68(89(135)136)43-51-18-9-6-10-19-51/h5-10,16-19,24-31,48-49,56-70,112-114H,11-15,20-23,32-47,91-92H2,1-4H3,(H2,93,115)(H2,94,116)(H,98,130)(H,99,124)(H,100,126)(H,101,121)(H,102,125)(H,103,127)(H,104,122)(H,105,129)(H,106,131)(H,107,132)(H,108,123)(H,109,128)(H,117,118)(H,119,120)(H,135,136)(H4,95,96,97)/t56-,57-,58-,59-,60-,61-,62-,63-,64-,65-,66-,67-,68-,69-,70-/m0/s1. The molecule has 2 aliphatic heterocycles. The summed E-state index contributed by atoms with van der Waals surface area (Å²) in [5.74, 6) is -23.3. The van der Waals surface area contributed by atoms with Crippen LogP contribution in [-0.2, 0) is 117 Å². The number of carboxylic acids is 3. The summed E-state index contributed by atoms with van der Waals surface area (Å²) in [6.07, 6.45) is -6.10. The second-order valence-corrected chi connectivity index (χ2v) is 34.3. The van der Waals surface area contributed by atoms with Gasteiger partial charge >= 0.3 is 17.9 Å². The van der Waals surface area contributed by atoms with Gasteiger partial charge in [-0.05, 0) is 142 Å². The van der Waals surface area contributed by atoms with Gasteiger partial charge < -0.3 is 138 Å².